The molecule has 0 atom stereocenters. The Hall–Kier alpha value is -3.94. The fourth-order valence-corrected chi connectivity index (χ4v) is 2.50. The smallest absolute Gasteiger partial charge is 0.192 e. The van der Waals surface area contributed by atoms with Crippen molar-refractivity contribution in [2.45, 2.75) is 0 Å². The van der Waals surface area contributed by atoms with E-state index in [1.807, 2.05) is 48.5 Å². The number of rotatable bonds is 4. The van der Waals surface area contributed by atoms with Gasteiger partial charge < -0.3 is 21.3 Å². The summed E-state index contributed by atoms with van der Waals surface area (Å²) in [6.07, 6.45) is 3.40. The van der Waals surface area contributed by atoms with Gasteiger partial charge in [-0.2, -0.15) is 0 Å². The third-order valence-electron chi connectivity index (χ3n) is 4.04. The zero-order valence-corrected chi connectivity index (χ0v) is 15.7. The van der Waals surface area contributed by atoms with Gasteiger partial charge in [0.25, 0.3) is 0 Å². The van der Waals surface area contributed by atoms with E-state index < -0.39 is 0 Å². The average Bonchev–Trinajstić information content (AvgIpc) is 2.75. The predicted octanol–water partition coefficient (Wildman–Crippen LogP) is 2.94. The molecule has 1 aromatic carbocycles. The first-order valence-corrected chi connectivity index (χ1v) is 8.68. The van der Waals surface area contributed by atoms with Gasteiger partial charge in [0.15, 0.2) is 11.9 Å². The fourth-order valence-electron chi connectivity index (χ4n) is 2.50. The second kappa shape index (κ2) is 8.63. The van der Waals surface area contributed by atoms with Crippen molar-refractivity contribution in [1.82, 2.24) is 20.6 Å². The van der Waals surface area contributed by atoms with E-state index in [4.69, 9.17) is 10.8 Å². The second-order valence-electron chi connectivity index (χ2n) is 5.94. The Bertz CT molecular complexity index is 867. The van der Waals surface area contributed by atoms with Crippen molar-refractivity contribution < 1.29 is 0 Å². The van der Waals surface area contributed by atoms with Crippen LogP contribution in [0.3, 0.4) is 0 Å². The molecule has 142 valence electrons. The molecule has 28 heavy (non-hydrogen) atoms. The van der Waals surface area contributed by atoms with Crippen molar-refractivity contribution in [2.24, 2.45) is 0 Å². The molecule has 6 N–H and O–H groups in total. The minimum atomic E-state index is 0.218. The highest BCUT2D eigenvalue weighted by molar-refractivity contribution is 5.91. The quantitative estimate of drug-likeness (QED) is 0.308. The molecule has 0 fully saturated rings. The second-order valence-corrected chi connectivity index (χ2v) is 5.94. The number of aromatic nitrogens is 2. The molecule has 8 heteroatoms. The summed E-state index contributed by atoms with van der Waals surface area (Å²) in [4.78, 5) is 8.90. The number of nitrogens with zero attached hydrogens (tertiary/aromatic N) is 2. The Morgan fingerprint density at radius 1 is 0.643 bits per heavy atom. The molecular weight excluding hydrogens is 352 g/mol. The molecule has 0 spiro atoms. The van der Waals surface area contributed by atoms with Crippen molar-refractivity contribution in [2.75, 3.05) is 24.7 Å². The molecule has 0 radical (unpaired) electrons. The third kappa shape index (κ3) is 4.61. The van der Waals surface area contributed by atoms with Crippen LogP contribution in [0.25, 0.3) is 22.5 Å². The number of hydrogen-bond donors (Lipinski definition) is 6. The minimum absolute atomic E-state index is 0.218. The lowest BCUT2D eigenvalue weighted by atomic mass is 10.1. The zero-order valence-electron chi connectivity index (χ0n) is 15.7. The molecular formula is C20H22N8. The van der Waals surface area contributed by atoms with Crippen LogP contribution in [0.4, 0.5) is 11.4 Å². The highest BCUT2D eigenvalue weighted by atomic mass is 15.1. The van der Waals surface area contributed by atoms with Gasteiger partial charge in [-0.1, -0.05) is 24.3 Å². The molecule has 0 unspecified atom stereocenters. The van der Waals surface area contributed by atoms with Gasteiger partial charge in [0.2, 0.25) is 0 Å². The Labute approximate surface area is 163 Å². The maximum atomic E-state index is 7.58. The van der Waals surface area contributed by atoms with E-state index in [9.17, 15) is 0 Å². The van der Waals surface area contributed by atoms with Crippen LogP contribution in [0.2, 0.25) is 0 Å². The Kier molecular flexibility index (Phi) is 5.81. The predicted molar refractivity (Wildman–Crippen MR) is 114 cm³/mol. The molecule has 0 aliphatic rings. The maximum absolute atomic E-state index is 7.58. The number of pyridine rings is 2. The van der Waals surface area contributed by atoms with Crippen molar-refractivity contribution >= 4 is 23.3 Å². The first-order chi connectivity index (χ1) is 13.6. The molecule has 0 aliphatic heterocycles. The monoisotopic (exact) mass is 374 g/mol. The Morgan fingerprint density at radius 2 is 1.04 bits per heavy atom. The summed E-state index contributed by atoms with van der Waals surface area (Å²) in [6, 6.07) is 15.6. The topological polar surface area (TPSA) is 122 Å². The van der Waals surface area contributed by atoms with E-state index in [-0.39, 0.29) is 11.9 Å². The van der Waals surface area contributed by atoms with Crippen molar-refractivity contribution in [3.8, 4) is 22.5 Å². The number of hydrogen-bond acceptors (Lipinski definition) is 4. The standard InChI is InChI=1S/C20H22N8/c1-23-19(21)27-15-7-9-17(25-11-15)13-3-5-14(6-4-13)18-10-8-16(12-26-18)28-20(22)24-2/h3-12H,1-2H3,(H3,21,23,27)(H3,22,24,28). The largest absolute Gasteiger partial charge is 0.359 e. The van der Waals surface area contributed by atoms with Crippen molar-refractivity contribution in [3.05, 3.63) is 60.9 Å². The molecule has 0 aliphatic carbocycles. The van der Waals surface area contributed by atoms with Crippen LogP contribution in [-0.4, -0.2) is 36.0 Å². The summed E-state index contributed by atoms with van der Waals surface area (Å²) in [7, 11) is 3.37. The van der Waals surface area contributed by atoms with E-state index in [0.29, 0.717) is 0 Å². The molecule has 2 aromatic heterocycles. The summed E-state index contributed by atoms with van der Waals surface area (Å²) in [5.41, 5.74) is 5.21. The third-order valence-corrected chi connectivity index (χ3v) is 4.04. The van der Waals surface area contributed by atoms with E-state index >= 15 is 0 Å². The van der Waals surface area contributed by atoms with Gasteiger partial charge >= 0.3 is 0 Å². The van der Waals surface area contributed by atoms with Crippen LogP contribution in [0.15, 0.2) is 60.9 Å². The molecule has 8 nitrogen and oxygen atoms in total. The highest BCUT2D eigenvalue weighted by Gasteiger charge is 2.04. The summed E-state index contributed by atoms with van der Waals surface area (Å²) in [5, 5.41) is 26.4. The first-order valence-electron chi connectivity index (χ1n) is 8.68. The lowest BCUT2D eigenvalue weighted by molar-refractivity contribution is 1.13. The molecule has 3 rings (SSSR count). The summed E-state index contributed by atoms with van der Waals surface area (Å²) >= 11 is 0. The number of anilines is 2. The van der Waals surface area contributed by atoms with Gasteiger partial charge in [-0.15, -0.1) is 0 Å². The number of guanidine groups is 2. The van der Waals surface area contributed by atoms with Crippen molar-refractivity contribution in [3.63, 3.8) is 0 Å². The Morgan fingerprint density at radius 3 is 1.32 bits per heavy atom. The summed E-state index contributed by atoms with van der Waals surface area (Å²) < 4.78 is 0. The minimum Gasteiger partial charge on any atom is -0.359 e. The van der Waals surface area contributed by atoms with E-state index in [1.165, 1.54) is 0 Å². The number of nitrogens with one attached hydrogen (secondary N) is 6. The summed E-state index contributed by atoms with van der Waals surface area (Å²) in [6.45, 7) is 0. The fraction of sp³-hybridized carbons (Fsp3) is 0.100. The molecule has 0 amide bonds. The molecule has 0 bridgehead atoms. The van der Waals surface area contributed by atoms with E-state index in [1.54, 1.807) is 26.5 Å². The van der Waals surface area contributed by atoms with Gasteiger partial charge in [-0.05, 0) is 24.3 Å². The molecule has 3 aromatic rings. The van der Waals surface area contributed by atoms with Crippen LogP contribution in [0.1, 0.15) is 0 Å². The van der Waals surface area contributed by atoms with Crippen LogP contribution in [0.5, 0.6) is 0 Å². The normalized spacial score (nSPS) is 10.1. The average molecular weight is 374 g/mol. The molecule has 2 heterocycles. The lowest BCUT2D eigenvalue weighted by Gasteiger charge is -2.09. The van der Waals surface area contributed by atoms with Crippen molar-refractivity contribution in [1.29, 1.82) is 10.8 Å². The van der Waals surface area contributed by atoms with Gasteiger partial charge in [0, 0.05) is 25.2 Å². The highest BCUT2D eigenvalue weighted by Crippen LogP contribution is 2.24. The van der Waals surface area contributed by atoms with Crippen LogP contribution < -0.4 is 21.3 Å². The van der Waals surface area contributed by atoms with Crippen LogP contribution in [0, 0.1) is 10.8 Å². The maximum Gasteiger partial charge on any atom is 0.192 e. The first kappa shape index (κ1) is 18.8. The summed E-state index contributed by atoms with van der Waals surface area (Å²) in [5.74, 6) is 0.436. The van der Waals surface area contributed by atoms with Crippen LogP contribution in [-0.2, 0) is 0 Å². The number of benzene rings is 1. The zero-order chi connectivity index (χ0) is 19.9. The lowest BCUT2D eigenvalue weighted by Crippen LogP contribution is -2.25. The van der Waals surface area contributed by atoms with Gasteiger partial charge in [0.05, 0.1) is 35.2 Å². The van der Waals surface area contributed by atoms with Crippen LogP contribution >= 0.6 is 0 Å². The van der Waals surface area contributed by atoms with Gasteiger partial charge in [0.1, 0.15) is 0 Å². The van der Waals surface area contributed by atoms with Gasteiger partial charge in [-0.3, -0.25) is 20.8 Å². The molecule has 0 saturated carbocycles. The van der Waals surface area contributed by atoms with Gasteiger partial charge in [-0.25, -0.2) is 0 Å². The Balaban J connectivity index is 1.71. The molecule has 0 saturated heterocycles. The van der Waals surface area contributed by atoms with E-state index in [2.05, 4.69) is 31.2 Å². The van der Waals surface area contributed by atoms with E-state index in [0.717, 1.165) is 33.9 Å². The SMILES string of the molecule is CNC(=N)Nc1ccc(-c2ccc(-c3ccc(NC(=N)NC)cn3)cc2)nc1.